The van der Waals surface area contributed by atoms with Crippen LogP contribution in [0.4, 0.5) is 5.13 Å². The topological polar surface area (TPSA) is 81.9 Å². The fraction of sp³-hybridized carbons (Fsp3) is 0.200. The third-order valence-corrected chi connectivity index (χ3v) is 4.84. The van der Waals surface area contributed by atoms with Crippen LogP contribution in [-0.2, 0) is 11.3 Å². The van der Waals surface area contributed by atoms with Gasteiger partial charge in [0, 0.05) is 10.9 Å². The van der Waals surface area contributed by atoms with Gasteiger partial charge in [0.2, 0.25) is 5.91 Å². The molecule has 0 unspecified atom stereocenters. The molecule has 142 valence electrons. The summed E-state index contributed by atoms with van der Waals surface area (Å²) in [5.41, 5.74) is 3.37. The van der Waals surface area contributed by atoms with Gasteiger partial charge < -0.3 is 10.1 Å². The van der Waals surface area contributed by atoms with E-state index in [0.717, 1.165) is 34.5 Å². The number of benzene rings is 2. The molecule has 4 aromatic rings. The Labute approximate surface area is 166 Å². The molecule has 7 nitrogen and oxygen atoms in total. The van der Waals surface area contributed by atoms with Crippen molar-refractivity contribution in [3.8, 4) is 17.0 Å². The molecule has 0 fully saturated rings. The molecule has 0 atom stereocenters. The van der Waals surface area contributed by atoms with Gasteiger partial charge in [0.1, 0.15) is 17.8 Å². The smallest absolute Gasteiger partial charge is 0.247 e. The van der Waals surface area contributed by atoms with E-state index in [2.05, 4.69) is 27.5 Å². The van der Waals surface area contributed by atoms with Gasteiger partial charge in [0.05, 0.1) is 17.8 Å². The van der Waals surface area contributed by atoms with E-state index in [4.69, 9.17) is 4.74 Å². The van der Waals surface area contributed by atoms with E-state index in [1.165, 1.54) is 11.3 Å². The highest BCUT2D eigenvalue weighted by atomic mass is 32.1. The number of hydrogen-bond donors (Lipinski definition) is 1. The first-order chi connectivity index (χ1) is 13.7. The van der Waals surface area contributed by atoms with Crippen molar-refractivity contribution in [3.05, 3.63) is 53.9 Å². The van der Waals surface area contributed by atoms with Crippen LogP contribution in [-0.4, -0.2) is 32.5 Å². The molecule has 2 heterocycles. The lowest BCUT2D eigenvalue weighted by molar-refractivity contribution is -0.116. The maximum atomic E-state index is 12.4. The normalized spacial score (nSPS) is 10.9. The van der Waals surface area contributed by atoms with Gasteiger partial charge in [-0.25, -0.2) is 9.67 Å². The van der Waals surface area contributed by atoms with Gasteiger partial charge in [-0.1, -0.05) is 24.3 Å². The summed E-state index contributed by atoms with van der Waals surface area (Å²) in [4.78, 5) is 16.9. The van der Waals surface area contributed by atoms with Crippen molar-refractivity contribution in [3.63, 3.8) is 0 Å². The minimum atomic E-state index is -0.195. The Hall–Kier alpha value is -3.26. The number of rotatable bonds is 7. The van der Waals surface area contributed by atoms with Gasteiger partial charge in [0.25, 0.3) is 0 Å². The molecule has 0 spiro atoms. The van der Waals surface area contributed by atoms with Gasteiger partial charge in [0.15, 0.2) is 5.13 Å². The van der Waals surface area contributed by atoms with E-state index in [1.54, 1.807) is 4.68 Å². The van der Waals surface area contributed by atoms with E-state index in [1.807, 2.05) is 53.9 Å². The molecule has 0 bridgehead atoms. The molecule has 28 heavy (non-hydrogen) atoms. The lowest BCUT2D eigenvalue weighted by Crippen LogP contribution is -2.19. The quantitative estimate of drug-likeness (QED) is 0.513. The molecule has 0 aliphatic carbocycles. The Kier molecular flexibility index (Phi) is 5.29. The van der Waals surface area contributed by atoms with Gasteiger partial charge in [-0.3, -0.25) is 4.79 Å². The largest absolute Gasteiger partial charge is 0.494 e. The molecule has 0 saturated carbocycles. The second-order valence-corrected chi connectivity index (χ2v) is 7.05. The van der Waals surface area contributed by atoms with E-state index in [-0.39, 0.29) is 12.5 Å². The van der Waals surface area contributed by atoms with Gasteiger partial charge in [-0.15, -0.1) is 16.4 Å². The number of carbonyl (C=O) groups excluding carboxylic acids is 1. The summed E-state index contributed by atoms with van der Waals surface area (Å²) in [6.07, 6.45) is 0.973. The van der Waals surface area contributed by atoms with E-state index in [0.29, 0.717) is 11.7 Å². The third kappa shape index (κ3) is 4.01. The number of nitrogens with one attached hydrogen (secondary N) is 1. The molecular formula is C20H19N5O2S. The first kappa shape index (κ1) is 18.1. The first-order valence-corrected chi connectivity index (χ1v) is 9.88. The number of thiazole rings is 1. The molecule has 1 N–H and O–H groups in total. The molecule has 0 radical (unpaired) electrons. The number of fused-ring (bicyclic) bond motifs is 1. The predicted octanol–water partition coefficient (Wildman–Crippen LogP) is 3.98. The van der Waals surface area contributed by atoms with Crippen molar-refractivity contribution in [2.75, 3.05) is 11.9 Å². The fourth-order valence-corrected chi connectivity index (χ4v) is 3.47. The third-order valence-electron chi connectivity index (χ3n) is 4.09. The van der Waals surface area contributed by atoms with Crippen molar-refractivity contribution in [1.29, 1.82) is 0 Å². The summed E-state index contributed by atoms with van der Waals surface area (Å²) in [6, 6.07) is 15.3. The summed E-state index contributed by atoms with van der Waals surface area (Å²) in [5.74, 6) is 0.647. The summed E-state index contributed by atoms with van der Waals surface area (Å²) in [7, 11) is 0. The number of carbonyl (C=O) groups is 1. The molecule has 0 saturated heterocycles. The van der Waals surface area contributed by atoms with Crippen molar-refractivity contribution >= 4 is 33.4 Å². The fourth-order valence-electron chi connectivity index (χ4n) is 2.73. The molecule has 0 aliphatic rings. The van der Waals surface area contributed by atoms with E-state index < -0.39 is 0 Å². The number of anilines is 1. The number of ether oxygens (including phenoxy) is 1. The van der Waals surface area contributed by atoms with Crippen LogP contribution >= 0.6 is 11.3 Å². The minimum absolute atomic E-state index is 0.0822. The Bertz CT molecular complexity index is 1090. The Morgan fingerprint density at radius 1 is 1.18 bits per heavy atom. The van der Waals surface area contributed by atoms with Crippen molar-refractivity contribution in [2.45, 2.75) is 19.9 Å². The maximum Gasteiger partial charge on any atom is 0.247 e. The van der Waals surface area contributed by atoms with Gasteiger partial charge >= 0.3 is 0 Å². The lowest BCUT2D eigenvalue weighted by Gasteiger charge is -2.05. The predicted molar refractivity (Wildman–Crippen MR) is 109 cm³/mol. The number of amides is 1. The first-order valence-electron chi connectivity index (χ1n) is 9.00. The summed E-state index contributed by atoms with van der Waals surface area (Å²) >= 11 is 1.39. The van der Waals surface area contributed by atoms with Crippen LogP contribution in [0.1, 0.15) is 13.3 Å². The highest BCUT2D eigenvalue weighted by molar-refractivity contribution is 7.14. The molecule has 0 aliphatic heterocycles. The zero-order valence-corrected chi connectivity index (χ0v) is 16.1. The van der Waals surface area contributed by atoms with Crippen molar-refractivity contribution < 1.29 is 9.53 Å². The molecule has 2 aromatic carbocycles. The summed E-state index contributed by atoms with van der Waals surface area (Å²) in [6.45, 7) is 2.86. The molecule has 2 aromatic heterocycles. The Morgan fingerprint density at radius 3 is 2.82 bits per heavy atom. The van der Waals surface area contributed by atoms with Crippen LogP contribution in [0.5, 0.6) is 5.75 Å². The van der Waals surface area contributed by atoms with E-state index >= 15 is 0 Å². The average molecular weight is 393 g/mol. The highest BCUT2D eigenvalue weighted by Crippen LogP contribution is 2.26. The second-order valence-electron chi connectivity index (χ2n) is 6.19. The lowest BCUT2D eigenvalue weighted by atomic mass is 10.2. The van der Waals surface area contributed by atoms with Crippen LogP contribution in [0.15, 0.2) is 53.9 Å². The Balaban J connectivity index is 1.41. The SMILES string of the molecule is CCCOc1ccc(-c2csc(NC(=O)Cn3nnc4ccccc43)n2)cc1. The van der Waals surface area contributed by atoms with Crippen molar-refractivity contribution in [2.24, 2.45) is 0 Å². The van der Waals surface area contributed by atoms with E-state index in [9.17, 15) is 4.79 Å². The van der Waals surface area contributed by atoms with Gasteiger partial charge in [-0.2, -0.15) is 0 Å². The van der Waals surface area contributed by atoms with Gasteiger partial charge in [-0.05, 0) is 42.8 Å². The van der Waals surface area contributed by atoms with Crippen LogP contribution < -0.4 is 10.1 Å². The molecular weight excluding hydrogens is 374 g/mol. The monoisotopic (exact) mass is 393 g/mol. The van der Waals surface area contributed by atoms with Crippen LogP contribution in [0, 0.1) is 0 Å². The second kappa shape index (κ2) is 8.18. The van der Waals surface area contributed by atoms with Crippen LogP contribution in [0.2, 0.25) is 0 Å². The maximum absolute atomic E-state index is 12.4. The average Bonchev–Trinajstić information content (AvgIpc) is 3.34. The molecule has 1 amide bonds. The standard InChI is InChI=1S/C20H19N5O2S/c1-2-11-27-15-9-7-14(8-10-15)17-13-28-20(21-17)22-19(26)12-25-18-6-4-3-5-16(18)23-24-25/h3-10,13H,2,11-12H2,1H3,(H,21,22,26). The summed E-state index contributed by atoms with van der Waals surface area (Å²) < 4.78 is 7.17. The number of aromatic nitrogens is 4. The number of hydrogen-bond acceptors (Lipinski definition) is 6. The molecule has 4 rings (SSSR count). The minimum Gasteiger partial charge on any atom is -0.494 e. The summed E-state index contributed by atoms with van der Waals surface area (Å²) in [5, 5.41) is 13.4. The number of para-hydroxylation sites is 1. The zero-order chi connectivity index (χ0) is 19.3. The van der Waals surface area contributed by atoms with Crippen molar-refractivity contribution in [1.82, 2.24) is 20.0 Å². The van der Waals surface area contributed by atoms with Crippen LogP contribution in [0.25, 0.3) is 22.3 Å². The zero-order valence-electron chi connectivity index (χ0n) is 15.3. The number of nitrogens with zero attached hydrogens (tertiary/aromatic N) is 4. The highest BCUT2D eigenvalue weighted by Gasteiger charge is 2.11. The Morgan fingerprint density at radius 2 is 2.00 bits per heavy atom. The van der Waals surface area contributed by atoms with Crippen LogP contribution in [0.3, 0.4) is 0 Å². The molecule has 8 heteroatoms.